The van der Waals surface area contributed by atoms with Gasteiger partial charge in [-0.1, -0.05) is 42.5 Å². The number of amides is 3. The molecule has 24 heavy (non-hydrogen) atoms. The number of urea groups is 1. The number of rotatable bonds is 3. The number of hydrogen-bond acceptors (Lipinski definition) is 2. The average Bonchev–Trinajstić information content (AvgIpc) is 2.55. The van der Waals surface area contributed by atoms with E-state index in [0.717, 1.165) is 11.1 Å². The first-order chi connectivity index (χ1) is 11.6. The van der Waals surface area contributed by atoms with Crippen LogP contribution in [0.4, 0.5) is 10.5 Å². The van der Waals surface area contributed by atoms with E-state index in [1.165, 1.54) is 0 Å². The number of allylic oxidation sites excluding steroid dienone is 1. The van der Waals surface area contributed by atoms with Gasteiger partial charge >= 0.3 is 6.03 Å². The van der Waals surface area contributed by atoms with Crippen molar-refractivity contribution in [1.29, 1.82) is 0 Å². The lowest BCUT2D eigenvalue weighted by atomic mass is 9.92. The van der Waals surface area contributed by atoms with Crippen molar-refractivity contribution in [2.45, 2.75) is 19.9 Å². The van der Waals surface area contributed by atoms with Crippen LogP contribution in [0.3, 0.4) is 0 Å². The summed E-state index contributed by atoms with van der Waals surface area (Å²) < 4.78 is 0. The predicted octanol–water partition coefficient (Wildman–Crippen LogP) is 3.26. The molecule has 0 aromatic heterocycles. The Hall–Kier alpha value is -3.08. The molecule has 3 N–H and O–H groups in total. The highest BCUT2D eigenvalue weighted by Gasteiger charge is 2.31. The van der Waals surface area contributed by atoms with Gasteiger partial charge in [-0.05, 0) is 37.1 Å². The van der Waals surface area contributed by atoms with Gasteiger partial charge < -0.3 is 16.0 Å². The highest BCUT2D eigenvalue weighted by molar-refractivity contribution is 6.06. The van der Waals surface area contributed by atoms with E-state index < -0.39 is 6.04 Å². The van der Waals surface area contributed by atoms with Crippen molar-refractivity contribution in [3.05, 3.63) is 77.0 Å². The molecule has 2 aromatic carbocycles. The lowest BCUT2D eigenvalue weighted by Crippen LogP contribution is -2.46. The molecule has 3 amide bonds. The Labute approximate surface area is 140 Å². The second-order valence-corrected chi connectivity index (χ2v) is 5.75. The van der Waals surface area contributed by atoms with Crippen LogP contribution in [0.5, 0.6) is 0 Å². The molecular formula is C19H19N3O2. The molecule has 1 heterocycles. The molecule has 5 heteroatoms. The number of para-hydroxylation sites is 1. The van der Waals surface area contributed by atoms with Crippen molar-refractivity contribution in [2.75, 3.05) is 5.32 Å². The van der Waals surface area contributed by atoms with Crippen molar-refractivity contribution < 1.29 is 9.59 Å². The molecule has 3 rings (SSSR count). The van der Waals surface area contributed by atoms with Gasteiger partial charge in [-0.2, -0.15) is 0 Å². The zero-order valence-electron chi connectivity index (χ0n) is 13.6. The van der Waals surface area contributed by atoms with Crippen LogP contribution >= 0.6 is 0 Å². The number of hydrogen-bond donors (Lipinski definition) is 3. The number of carbonyl (C=O) groups is 2. The molecule has 0 saturated heterocycles. The van der Waals surface area contributed by atoms with Crippen LogP contribution < -0.4 is 16.0 Å². The zero-order valence-corrected chi connectivity index (χ0v) is 13.6. The quantitative estimate of drug-likeness (QED) is 0.812. The van der Waals surface area contributed by atoms with Crippen molar-refractivity contribution in [3.8, 4) is 0 Å². The Kier molecular flexibility index (Phi) is 4.33. The first-order valence-corrected chi connectivity index (χ1v) is 7.76. The van der Waals surface area contributed by atoms with Gasteiger partial charge in [0.25, 0.3) is 5.91 Å². The summed E-state index contributed by atoms with van der Waals surface area (Å²) in [7, 11) is 0. The number of benzene rings is 2. The van der Waals surface area contributed by atoms with Gasteiger partial charge in [-0.3, -0.25) is 4.79 Å². The number of anilines is 1. The Balaban J connectivity index is 1.98. The minimum atomic E-state index is -0.483. The number of nitrogens with one attached hydrogen (secondary N) is 3. The largest absolute Gasteiger partial charge is 0.327 e. The van der Waals surface area contributed by atoms with Crippen molar-refractivity contribution >= 4 is 17.6 Å². The minimum Gasteiger partial charge on any atom is -0.327 e. The van der Waals surface area contributed by atoms with E-state index in [1.54, 1.807) is 6.92 Å². The molecule has 0 aliphatic carbocycles. The summed E-state index contributed by atoms with van der Waals surface area (Å²) in [5.74, 6) is -0.237. The Morgan fingerprint density at radius 2 is 1.67 bits per heavy atom. The third kappa shape index (κ3) is 3.15. The maximum atomic E-state index is 12.8. The first kappa shape index (κ1) is 15.8. The van der Waals surface area contributed by atoms with Crippen LogP contribution in [0.15, 0.2) is 65.9 Å². The topological polar surface area (TPSA) is 70.2 Å². The summed E-state index contributed by atoms with van der Waals surface area (Å²) in [4.78, 5) is 24.7. The van der Waals surface area contributed by atoms with E-state index in [4.69, 9.17) is 0 Å². The van der Waals surface area contributed by atoms with Crippen LogP contribution in [0.25, 0.3) is 0 Å². The van der Waals surface area contributed by atoms with Gasteiger partial charge in [0.2, 0.25) is 0 Å². The molecule has 5 nitrogen and oxygen atoms in total. The van der Waals surface area contributed by atoms with E-state index in [0.29, 0.717) is 17.0 Å². The van der Waals surface area contributed by atoms with E-state index >= 15 is 0 Å². The van der Waals surface area contributed by atoms with E-state index in [2.05, 4.69) is 16.0 Å². The molecule has 1 aliphatic heterocycles. The summed E-state index contributed by atoms with van der Waals surface area (Å²) in [6.45, 7) is 3.70. The molecule has 1 atom stereocenters. The number of carbonyl (C=O) groups excluding carboxylic acids is 2. The van der Waals surface area contributed by atoms with Gasteiger partial charge in [0.1, 0.15) is 0 Å². The second-order valence-electron chi connectivity index (χ2n) is 5.75. The van der Waals surface area contributed by atoms with Crippen molar-refractivity contribution in [3.63, 3.8) is 0 Å². The molecule has 122 valence electrons. The molecule has 0 radical (unpaired) electrons. The molecule has 0 spiro atoms. The Morgan fingerprint density at radius 3 is 2.38 bits per heavy atom. The van der Waals surface area contributed by atoms with Crippen molar-refractivity contribution in [2.24, 2.45) is 0 Å². The van der Waals surface area contributed by atoms with E-state index in [9.17, 15) is 9.59 Å². The fourth-order valence-corrected chi connectivity index (χ4v) is 2.86. The summed E-state index contributed by atoms with van der Waals surface area (Å²) in [5.41, 5.74) is 3.70. The smallest absolute Gasteiger partial charge is 0.319 e. The number of aryl methyl sites for hydroxylation is 1. The maximum absolute atomic E-state index is 12.8. The normalized spacial score (nSPS) is 17.1. The summed E-state index contributed by atoms with van der Waals surface area (Å²) in [5, 5.41) is 8.42. The highest BCUT2D eigenvalue weighted by Crippen LogP contribution is 2.29. The van der Waals surface area contributed by atoms with E-state index in [-0.39, 0.29) is 11.9 Å². The summed E-state index contributed by atoms with van der Waals surface area (Å²) >= 11 is 0. The monoisotopic (exact) mass is 321 g/mol. The van der Waals surface area contributed by atoms with Crippen LogP contribution in [0.1, 0.15) is 24.1 Å². The molecule has 1 aliphatic rings. The maximum Gasteiger partial charge on any atom is 0.319 e. The molecule has 0 bridgehead atoms. The lowest BCUT2D eigenvalue weighted by molar-refractivity contribution is -0.113. The van der Waals surface area contributed by atoms with Gasteiger partial charge in [0, 0.05) is 11.4 Å². The lowest BCUT2D eigenvalue weighted by Gasteiger charge is -2.29. The van der Waals surface area contributed by atoms with Gasteiger partial charge in [0.05, 0.1) is 11.6 Å². The second kappa shape index (κ2) is 6.58. The average molecular weight is 321 g/mol. The first-order valence-electron chi connectivity index (χ1n) is 7.76. The third-order valence-electron chi connectivity index (χ3n) is 4.04. The molecule has 0 fully saturated rings. The standard InChI is InChI=1S/C19H19N3O2/c1-12-8-6-7-11-15(12)17-16(13(2)20-19(24)22-17)18(23)21-14-9-4-3-5-10-14/h3-11,17H,1-2H3,(H,21,23)(H2,20,22,24). The van der Waals surface area contributed by atoms with Gasteiger partial charge in [-0.15, -0.1) is 0 Å². The Bertz CT molecular complexity index is 812. The van der Waals surface area contributed by atoms with Gasteiger partial charge in [-0.25, -0.2) is 4.79 Å². The zero-order chi connectivity index (χ0) is 17.1. The fourth-order valence-electron chi connectivity index (χ4n) is 2.86. The Morgan fingerprint density at radius 1 is 1.00 bits per heavy atom. The third-order valence-corrected chi connectivity index (χ3v) is 4.04. The fraction of sp³-hybridized carbons (Fsp3) is 0.158. The predicted molar refractivity (Wildman–Crippen MR) is 93.4 cm³/mol. The minimum absolute atomic E-state index is 0.237. The highest BCUT2D eigenvalue weighted by atomic mass is 16.2. The van der Waals surface area contributed by atoms with E-state index in [1.807, 2.05) is 61.5 Å². The molecular weight excluding hydrogens is 302 g/mol. The molecule has 0 saturated carbocycles. The van der Waals surface area contributed by atoms with Crippen molar-refractivity contribution in [1.82, 2.24) is 10.6 Å². The SMILES string of the molecule is CC1=C(C(=O)Nc2ccccc2)C(c2ccccc2C)NC(=O)N1. The van der Waals surface area contributed by atoms with Crippen LogP contribution in [-0.4, -0.2) is 11.9 Å². The van der Waals surface area contributed by atoms with Crippen LogP contribution in [0, 0.1) is 6.92 Å². The summed E-state index contributed by atoms with van der Waals surface area (Å²) in [6, 6.07) is 16.2. The summed E-state index contributed by atoms with van der Waals surface area (Å²) in [6.07, 6.45) is 0. The molecule has 1 unspecified atom stereocenters. The molecule has 2 aromatic rings. The van der Waals surface area contributed by atoms with Crippen LogP contribution in [0.2, 0.25) is 0 Å². The van der Waals surface area contributed by atoms with Crippen LogP contribution in [-0.2, 0) is 4.79 Å². The van der Waals surface area contributed by atoms with Gasteiger partial charge in [0.15, 0.2) is 0 Å².